The highest BCUT2D eigenvalue weighted by molar-refractivity contribution is 7.17. The van der Waals surface area contributed by atoms with Crippen LogP contribution < -0.4 is 14.8 Å². The molecule has 2 aromatic rings. The molecule has 7 heteroatoms. The number of aromatic nitrogens is 1. The third-order valence-electron chi connectivity index (χ3n) is 4.32. The summed E-state index contributed by atoms with van der Waals surface area (Å²) < 4.78 is 10.5. The molecule has 0 aliphatic heterocycles. The third kappa shape index (κ3) is 4.36. The Bertz CT molecular complexity index is 915. The average Bonchev–Trinajstić information content (AvgIpc) is 3.01. The van der Waals surface area contributed by atoms with E-state index in [1.165, 1.54) is 17.4 Å². The van der Waals surface area contributed by atoms with Crippen LogP contribution in [0.3, 0.4) is 0 Å². The van der Waals surface area contributed by atoms with Gasteiger partial charge in [-0.25, -0.2) is 4.98 Å². The summed E-state index contributed by atoms with van der Waals surface area (Å²) in [6.07, 6.45) is 4.32. The smallest absolute Gasteiger partial charge is 0.250 e. The molecule has 142 valence electrons. The summed E-state index contributed by atoms with van der Waals surface area (Å²) in [5, 5.41) is 3.19. The Labute approximate surface area is 162 Å². The van der Waals surface area contributed by atoms with E-state index in [1.54, 1.807) is 32.4 Å². The molecule has 1 aromatic heterocycles. The lowest BCUT2D eigenvalue weighted by molar-refractivity contribution is -0.111. The van der Waals surface area contributed by atoms with Crippen LogP contribution in [0.2, 0.25) is 0 Å². The average molecular weight is 386 g/mol. The van der Waals surface area contributed by atoms with Gasteiger partial charge in [-0.15, -0.1) is 0 Å². The lowest BCUT2D eigenvalue weighted by Gasteiger charge is -2.26. The van der Waals surface area contributed by atoms with Gasteiger partial charge < -0.3 is 9.47 Å². The molecule has 0 atom stereocenters. The molecule has 0 radical (unpaired) electrons. The van der Waals surface area contributed by atoms with Gasteiger partial charge in [0.25, 0.3) is 0 Å². The quantitative estimate of drug-likeness (QED) is 0.787. The lowest BCUT2D eigenvalue weighted by atomic mass is 9.78. The molecule has 0 saturated carbocycles. The van der Waals surface area contributed by atoms with Crippen LogP contribution in [0.5, 0.6) is 11.5 Å². The summed E-state index contributed by atoms with van der Waals surface area (Å²) >= 11 is 1.24. The van der Waals surface area contributed by atoms with E-state index in [9.17, 15) is 9.59 Å². The van der Waals surface area contributed by atoms with Crippen LogP contribution in [0.25, 0.3) is 6.08 Å². The van der Waals surface area contributed by atoms with Gasteiger partial charge in [0, 0.05) is 24.1 Å². The van der Waals surface area contributed by atoms with Crippen molar-refractivity contribution < 1.29 is 19.1 Å². The zero-order chi connectivity index (χ0) is 19.6. The van der Waals surface area contributed by atoms with Crippen molar-refractivity contribution in [3.05, 3.63) is 40.4 Å². The standard InChI is InChI=1S/C20H22N2O4S/c1-20(2)10-14-18(15(23)11-20)27-19(21-14)22-17(24)8-6-12-5-7-13(25-3)9-16(12)26-4/h5-9H,10-11H2,1-4H3,(H,21,22,24). The van der Waals surface area contributed by atoms with Gasteiger partial charge in [0.15, 0.2) is 10.9 Å². The van der Waals surface area contributed by atoms with E-state index in [1.807, 2.05) is 6.07 Å². The van der Waals surface area contributed by atoms with Crippen molar-refractivity contribution in [2.24, 2.45) is 5.41 Å². The van der Waals surface area contributed by atoms with Gasteiger partial charge >= 0.3 is 0 Å². The minimum absolute atomic E-state index is 0.0930. The number of amides is 1. The second-order valence-electron chi connectivity index (χ2n) is 7.17. The molecule has 0 saturated heterocycles. The van der Waals surface area contributed by atoms with Crippen molar-refractivity contribution in [2.45, 2.75) is 26.7 Å². The molecule has 0 fully saturated rings. The molecule has 3 rings (SSSR count). The molecule has 27 heavy (non-hydrogen) atoms. The van der Waals surface area contributed by atoms with E-state index >= 15 is 0 Å². The van der Waals surface area contributed by atoms with E-state index in [0.29, 0.717) is 27.9 Å². The van der Waals surface area contributed by atoms with Gasteiger partial charge in [-0.3, -0.25) is 14.9 Å². The Hall–Kier alpha value is -2.67. The van der Waals surface area contributed by atoms with Crippen LogP contribution in [0.15, 0.2) is 24.3 Å². The Kier molecular flexibility index (Phi) is 5.32. The van der Waals surface area contributed by atoms with Crippen LogP contribution in [-0.4, -0.2) is 30.9 Å². The SMILES string of the molecule is COc1ccc(C=CC(=O)Nc2nc3c(s2)C(=O)CC(C)(C)C3)c(OC)c1. The number of hydrogen-bond acceptors (Lipinski definition) is 6. The normalized spacial score (nSPS) is 15.5. The number of hydrogen-bond donors (Lipinski definition) is 1. The van der Waals surface area contributed by atoms with Crippen LogP contribution in [0.1, 0.15) is 41.2 Å². The molecule has 6 nitrogen and oxygen atoms in total. The van der Waals surface area contributed by atoms with E-state index in [4.69, 9.17) is 9.47 Å². The van der Waals surface area contributed by atoms with Crippen molar-refractivity contribution in [3.63, 3.8) is 0 Å². The van der Waals surface area contributed by atoms with Crippen LogP contribution >= 0.6 is 11.3 Å². The van der Waals surface area contributed by atoms with E-state index in [2.05, 4.69) is 24.1 Å². The number of thiazole rings is 1. The van der Waals surface area contributed by atoms with E-state index in [0.717, 1.165) is 17.7 Å². The first-order valence-electron chi connectivity index (χ1n) is 8.55. The van der Waals surface area contributed by atoms with Gasteiger partial charge in [0.1, 0.15) is 11.5 Å². The number of fused-ring (bicyclic) bond motifs is 1. The highest BCUT2D eigenvalue weighted by atomic mass is 32.1. The van der Waals surface area contributed by atoms with Gasteiger partial charge in [0.05, 0.1) is 24.8 Å². The number of carbonyl (C=O) groups excluding carboxylic acids is 2. The van der Waals surface area contributed by atoms with Crippen molar-refractivity contribution in [2.75, 3.05) is 19.5 Å². The first kappa shape index (κ1) is 19.1. The molecule has 1 N–H and O–H groups in total. The van der Waals surface area contributed by atoms with E-state index in [-0.39, 0.29) is 17.1 Å². The fourth-order valence-corrected chi connectivity index (χ4v) is 3.96. The fourth-order valence-electron chi connectivity index (χ4n) is 3.04. The number of methoxy groups -OCH3 is 2. The molecule has 1 heterocycles. The van der Waals surface area contributed by atoms with Crippen LogP contribution in [0, 0.1) is 5.41 Å². The summed E-state index contributed by atoms with van der Waals surface area (Å²) in [4.78, 5) is 29.6. The number of carbonyl (C=O) groups is 2. The first-order chi connectivity index (χ1) is 12.8. The summed E-state index contributed by atoms with van der Waals surface area (Å²) in [5.41, 5.74) is 1.44. The number of anilines is 1. The van der Waals surface area contributed by atoms with Crippen molar-refractivity contribution >= 4 is 34.2 Å². The third-order valence-corrected chi connectivity index (χ3v) is 5.37. The molecule has 0 spiro atoms. The number of nitrogens with one attached hydrogen (secondary N) is 1. The molecular weight excluding hydrogens is 364 g/mol. The Morgan fingerprint density at radius 2 is 2.04 bits per heavy atom. The van der Waals surface area contributed by atoms with Crippen LogP contribution in [-0.2, 0) is 11.2 Å². The second-order valence-corrected chi connectivity index (χ2v) is 8.17. The van der Waals surface area contributed by atoms with Crippen molar-refractivity contribution in [1.82, 2.24) is 4.98 Å². The zero-order valence-corrected chi connectivity index (χ0v) is 16.6. The topological polar surface area (TPSA) is 77.5 Å². The van der Waals surface area contributed by atoms with Gasteiger partial charge in [0.2, 0.25) is 5.91 Å². The van der Waals surface area contributed by atoms with E-state index < -0.39 is 0 Å². The zero-order valence-electron chi connectivity index (χ0n) is 15.8. The fraction of sp³-hybridized carbons (Fsp3) is 0.350. The second kappa shape index (κ2) is 7.52. The van der Waals surface area contributed by atoms with Gasteiger partial charge in [-0.2, -0.15) is 0 Å². The maximum atomic E-state index is 12.3. The Morgan fingerprint density at radius 1 is 1.26 bits per heavy atom. The number of benzene rings is 1. The van der Waals surface area contributed by atoms with Crippen LogP contribution in [0.4, 0.5) is 5.13 Å². The summed E-state index contributed by atoms with van der Waals surface area (Å²) in [7, 11) is 3.14. The van der Waals surface area contributed by atoms with Gasteiger partial charge in [-0.05, 0) is 30.0 Å². The molecule has 1 amide bonds. The minimum atomic E-state index is -0.314. The molecular formula is C20H22N2O4S. The number of ketones is 1. The summed E-state index contributed by atoms with van der Waals surface area (Å²) in [6.45, 7) is 4.10. The highest BCUT2D eigenvalue weighted by Crippen LogP contribution is 2.38. The number of Topliss-reactive ketones (excluding diaryl/α,β-unsaturated/α-hetero) is 1. The Balaban J connectivity index is 1.72. The molecule has 1 aliphatic carbocycles. The number of rotatable bonds is 5. The maximum Gasteiger partial charge on any atom is 0.250 e. The number of ether oxygens (including phenoxy) is 2. The molecule has 0 unspecified atom stereocenters. The van der Waals surface area contributed by atoms with Crippen molar-refractivity contribution in [3.8, 4) is 11.5 Å². The monoisotopic (exact) mass is 386 g/mol. The Morgan fingerprint density at radius 3 is 2.74 bits per heavy atom. The molecule has 1 aliphatic rings. The van der Waals surface area contributed by atoms with Gasteiger partial charge in [-0.1, -0.05) is 25.2 Å². The lowest BCUT2D eigenvalue weighted by Crippen LogP contribution is -2.26. The highest BCUT2D eigenvalue weighted by Gasteiger charge is 2.33. The predicted molar refractivity (Wildman–Crippen MR) is 106 cm³/mol. The summed E-state index contributed by atoms with van der Waals surface area (Å²) in [5.74, 6) is 1.06. The summed E-state index contributed by atoms with van der Waals surface area (Å²) in [6, 6.07) is 5.35. The largest absolute Gasteiger partial charge is 0.497 e. The number of nitrogens with zero attached hydrogens (tertiary/aromatic N) is 1. The maximum absolute atomic E-state index is 12.3. The molecule has 0 bridgehead atoms. The van der Waals surface area contributed by atoms with Crippen molar-refractivity contribution in [1.29, 1.82) is 0 Å². The first-order valence-corrected chi connectivity index (χ1v) is 9.37. The minimum Gasteiger partial charge on any atom is -0.497 e. The predicted octanol–water partition coefficient (Wildman–Crippen LogP) is 3.97. The molecule has 1 aromatic carbocycles.